The normalized spacial score (nSPS) is 10.1. The van der Waals surface area contributed by atoms with Gasteiger partial charge in [-0.15, -0.1) is 0 Å². The van der Waals surface area contributed by atoms with Crippen molar-refractivity contribution in [1.29, 1.82) is 0 Å². The molecule has 88 valence electrons. The summed E-state index contributed by atoms with van der Waals surface area (Å²) in [5, 5.41) is 0. The van der Waals surface area contributed by atoms with Crippen LogP contribution < -0.4 is 4.74 Å². The van der Waals surface area contributed by atoms with Gasteiger partial charge >= 0.3 is 0 Å². The van der Waals surface area contributed by atoms with Gasteiger partial charge in [-0.2, -0.15) is 0 Å². The van der Waals surface area contributed by atoms with Gasteiger partial charge in [0, 0.05) is 0 Å². The fraction of sp³-hybridized carbons (Fsp3) is 0.500. The van der Waals surface area contributed by atoms with E-state index < -0.39 is 0 Å². The first kappa shape index (κ1) is 12.8. The number of benzene rings is 1. The van der Waals surface area contributed by atoms with Crippen molar-refractivity contribution in [3.63, 3.8) is 0 Å². The molecular formula is C14H20O2. The number of unbranched alkanes of at least 4 members (excludes halogenated alkanes) is 4. The molecule has 0 aliphatic rings. The summed E-state index contributed by atoms with van der Waals surface area (Å²) in [6.45, 7) is 2.69. The standard InChI is InChI=1S/C14H20O2/c1-2-3-4-5-6-7-13-8-10-14(11-9-13)16-12-15/h8-12H,2-7H2,1H3. The Morgan fingerprint density at radius 3 is 2.38 bits per heavy atom. The van der Waals surface area contributed by atoms with Crippen LogP contribution in [-0.4, -0.2) is 6.47 Å². The molecule has 0 fully saturated rings. The molecule has 0 N–H and O–H groups in total. The minimum Gasteiger partial charge on any atom is -0.429 e. The summed E-state index contributed by atoms with van der Waals surface area (Å²) in [7, 11) is 0. The van der Waals surface area contributed by atoms with Crippen molar-refractivity contribution in [2.45, 2.75) is 45.4 Å². The molecule has 16 heavy (non-hydrogen) atoms. The molecule has 1 rings (SSSR count). The maximum absolute atomic E-state index is 10.1. The van der Waals surface area contributed by atoms with E-state index in [1.54, 1.807) is 0 Å². The zero-order valence-electron chi connectivity index (χ0n) is 9.95. The molecule has 2 heteroatoms. The van der Waals surface area contributed by atoms with E-state index in [0.29, 0.717) is 12.2 Å². The molecule has 0 bridgehead atoms. The van der Waals surface area contributed by atoms with Crippen LogP contribution in [0.4, 0.5) is 0 Å². The van der Waals surface area contributed by atoms with Crippen LogP contribution in [0.25, 0.3) is 0 Å². The largest absolute Gasteiger partial charge is 0.429 e. The quantitative estimate of drug-likeness (QED) is 0.493. The first-order chi connectivity index (χ1) is 7.86. The van der Waals surface area contributed by atoms with Crippen LogP contribution in [-0.2, 0) is 11.2 Å². The zero-order valence-corrected chi connectivity index (χ0v) is 9.95. The summed E-state index contributed by atoms with van der Waals surface area (Å²) >= 11 is 0. The molecule has 0 heterocycles. The molecule has 1 aromatic rings. The second kappa shape index (κ2) is 7.91. The Morgan fingerprint density at radius 1 is 1.06 bits per heavy atom. The predicted octanol–water partition coefficient (Wildman–Crippen LogP) is 3.73. The maximum Gasteiger partial charge on any atom is 0.298 e. The summed E-state index contributed by atoms with van der Waals surface area (Å²) in [6, 6.07) is 7.74. The molecule has 0 amide bonds. The molecule has 0 aromatic heterocycles. The maximum atomic E-state index is 10.1. The van der Waals surface area contributed by atoms with Gasteiger partial charge in [-0.1, -0.05) is 44.7 Å². The first-order valence-electron chi connectivity index (χ1n) is 6.06. The highest BCUT2D eigenvalue weighted by molar-refractivity contribution is 5.45. The van der Waals surface area contributed by atoms with E-state index in [2.05, 4.69) is 6.92 Å². The fourth-order valence-electron chi connectivity index (χ4n) is 1.72. The second-order valence-corrected chi connectivity index (χ2v) is 4.02. The average molecular weight is 220 g/mol. The molecule has 2 nitrogen and oxygen atoms in total. The summed E-state index contributed by atoms with van der Waals surface area (Å²) < 4.78 is 4.74. The summed E-state index contributed by atoms with van der Waals surface area (Å²) in [6.07, 6.45) is 7.63. The third-order valence-corrected chi connectivity index (χ3v) is 2.68. The van der Waals surface area contributed by atoms with E-state index in [9.17, 15) is 4.79 Å². The fourth-order valence-corrected chi connectivity index (χ4v) is 1.72. The lowest BCUT2D eigenvalue weighted by molar-refractivity contribution is -0.120. The number of hydrogen-bond donors (Lipinski definition) is 0. The Kier molecular flexibility index (Phi) is 6.31. The minimum absolute atomic E-state index is 0.458. The summed E-state index contributed by atoms with van der Waals surface area (Å²) in [5.74, 6) is 0.615. The van der Waals surface area contributed by atoms with Crippen LogP contribution in [0.5, 0.6) is 5.75 Å². The Labute approximate surface area is 97.6 Å². The molecule has 0 saturated carbocycles. The van der Waals surface area contributed by atoms with Crippen molar-refractivity contribution in [2.24, 2.45) is 0 Å². The lowest BCUT2D eigenvalue weighted by atomic mass is 10.1. The van der Waals surface area contributed by atoms with E-state index >= 15 is 0 Å². The van der Waals surface area contributed by atoms with Crippen molar-refractivity contribution in [3.8, 4) is 5.75 Å². The van der Waals surface area contributed by atoms with Crippen LogP contribution in [0.2, 0.25) is 0 Å². The van der Waals surface area contributed by atoms with Crippen molar-refractivity contribution in [3.05, 3.63) is 29.8 Å². The van der Waals surface area contributed by atoms with Crippen LogP contribution >= 0.6 is 0 Å². The Morgan fingerprint density at radius 2 is 1.75 bits per heavy atom. The average Bonchev–Trinajstić information content (AvgIpc) is 2.31. The molecule has 0 unspecified atom stereocenters. The monoisotopic (exact) mass is 220 g/mol. The Bertz CT molecular complexity index is 290. The van der Waals surface area contributed by atoms with E-state index in [4.69, 9.17) is 4.74 Å². The number of carbonyl (C=O) groups excluding carboxylic acids is 1. The van der Waals surface area contributed by atoms with Gasteiger partial charge < -0.3 is 4.74 Å². The first-order valence-corrected chi connectivity index (χ1v) is 6.06. The van der Waals surface area contributed by atoms with Gasteiger partial charge in [0.1, 0.15) is 5.75 Å². The smallest absolute Gasteiger partial charge is 0.298 e. The van der Waals surface area contributed by atoms with Crippen LogP contribution in [0, 0.1) is 0 Å². The highest BCUT2D eigenvalue weighted by Gasteiger charge is 1.95. The van der Waals surface area contributed by atoms with Gasteiger partial charge in [0.15, 0.2) is 0 Å². The molecule has 0 aliphatic heterocycles. The number of aryl methyl sites for hydroxylation is 1. The van der Waals surface area contributed by atoms with E-state index in [0.717, 1.165) is 6.42 Å². The van der Waals surface area contributed by atoms with Gasteiger partial charge in [-0.05, 0) is 30.5 Å². The van der Waals surface area contributed by atoms with Gasteiger partial charge in [-0.25, -0.2) is 0 Å². The number of carbonyl (C=O) groups is 1. The Hall–Kier alpha value is -1.31. The molecule has 0 atom stereocenters. The van der Waals surface area contributed by atoms with Gasteiger partial charge in [0.25, 0.3) is 6.47 Å². The van der Waals surface area contributed by atoms with Gasteiger partial charge in [-0.3, -0.25) is 4.79 Å². The predicted molar refractivity (Wildman–Crippen MR) is 65.6 cm³/mol. The van der Waals surface area contributed by atoms with E-state index in [-0.39, 0.29) is 0 Å². The summed E-state index contributed by atoms with van der Waals surface area (Å²) in [4.78, 5) is 10.1. The summed E-state index contributed by atoms with van der Waals surface area (Å²) in [5.41, 5.74) is 1.31. The molecule has 0 spiro atoms. The highest BCUT2D eigenvalue weighted by atomic mass is 16.5. The van der Waals surface area contributed by atoms with Gasteiger partial charge in [0.2, 0.25) is 0 Å². The van der Waals surface area contributed by atoms with Crippen molar-refractivity contribution >= 4 is 6.47 Å². The third-order valence-electron chi connectivity index (χ3n) is 2.68. The molecular weight excluding hydrogens is 200 g/mol. The molecule has 0 aliphatic carbocycles. The number of ether oxygens (including phenoxy) is 1. The molecule has 1 aromatic carbocycles. The van der Waals surface area contributed by atoms with Crippen molar-refractivity contribution in [2.75, 3.05) is 0 Å². The van der Waals surface area contributed by atoms with Crippen LogP contribution in [0.1, 0.15) is 44.6 Å². The lowest BCUT2D eigenvalue weighted by Gasteiger charge is -2.02. The Balaban J connectivity index is 2.23. The highest BCUT2D eigenvalue weighted by Crippen LogP contribution is 2.14. The number of rotatable bonds is 8. The number of hydrogen-bond acceptors (Lipinski definition) is 2. The van der Waals surface area contributed by atoms with Crippen LogP contribution in [0.3, 0.4) is 0 Å². The van der Waals surface area contributed by atoms with Crippen LogP contribution in [0.15, 0.2) is 24.3 Å². The minimum atomic E-state index is 0.458. The van der Waals surface area contributed by atoms with Crippen molar-refractivity contribution < 1.29 is 9.53 Å². The third kappa shape index (κ3) is 4.96. The topological polar surface area (TPSA) is 26.3 Å². The van der Waals surface area contributed by atoms with Gasteiger partial charge in [0.05, 0.1) is 0 Å². The van der Waals surface area contributed by atoms with E-state index in [1.807, 2.05) is 24.3 Å². The molecule has 0 saturated heterocycles. The van der Waals surface area contributed by atoms with E-state index in [1.165, 1.54) is 37.7 Å². The zero-order chi connectivity index (χ0) is 11.6. The lowest BCUT2D eigenvalue weighted by Crippen LogP contribution is -1.90. The van der Waals surface area contributed by atoms with Crippen molar-refractivity contribution in [1.82, 2.24) is 0 Å². The molecule has 0 radical (unpaired) electrons. The second-order valence-electron chi connectivity index (χ2n) is 4.02. The SMILES string of the molecule is CCCCCCCc1ccc(OC=O)cc1.